The van der Waals surface area contributed by atoms with E-state index in [1.54, 1.807) is 0 Å². The average Bonchev–Trinajstić information content (AvgIpc) is 2.36. The van der Waals surface area contributed by atoms with Crippen LogP contribution in [-0.4, -0.2) is 31.5 Å². The first-order valence-electron chi connectivity index (χ1n) is 3.65. The molecular weight excluding hydrogens is 164 g/mol. The van der Waals surface area contributed by atoms with Gasteiger partial charge < -0.3 is 0 Å². The summed E-state index contributed by atoms with van der Waals surface area (Å²) in [5, 5.41) is 7.43. The smallest absolute Gasteiger partial charge is 0.157 e. The highest BCUT2D eigenvalue weighted by Gasteiger charge is 2.52. The van der Waals surface area contributed by atoms with Crippen LogP contribution in [-0.2, 0) is 9.84 Å². The molecule has 2 unspecified atom stereocenters. The Hall–Kier alpha value is -0.450. The molecular formula is C6H10N2O2S. The molecule has 0 bridgehead atoms. The lowest BCUT2D eigenvalue weighted by Gasteiger charge is -2.15. The van der Waals surface area contributed by atoms with Gasteiger partial charge in [-0.1, -0.05) is 0 Å². The van der Waals surface area contributed by atoms with Crippen LogP contribution in [0.4, 0.5) is 0 Å². The first-order chi connectivity index (χ1) is 5.05. The van der Waals surface area contributed by atoms with Gasteiger partial charge in [-0.3, -0.25) is 0 Å². The van der Waals surface area contributed by atoms with Gasteiger partial charge in [0.05, 0.1) is 17.8 Å². The van der Waals surface area contributed by atoms with Gasteiger partial charge in [0, 0.05) is 0 Å². The summed E-state index contributed by atoms with van der Waals surface area (Å²) in [5.74, 6) is 0.285. The van der Waals surface area contributed by atoms with Gasteiger partial charge in [-0.05, 0) is 13.3 Å². The molecule has 1 fully saturated rings. The van der Waals surface area contributed by atoms with Gasteiger partial charge in [-0.25, -0.2) is 8.42 Å². The third-order valence-electron chi connectivity index (χ3n) is 2.57. The first kappa shape index (κ1) is 7.21. The molecule has 2 atom stereocenters. The fourth-order valence-corrected chi connectivity index (χ4v) is 3.95. The van der Waals surface area contributed by atoms with Gasteiger partial charge in [0.1, 0.15) is 5.25 Å². The lowest BCUT2D eigenvalue weighted by molar-refractivity contribution is 0.490. The van der Waals surface area contributed by atoms with Crippen LogP contribution in [0.2, 0.25) is 0 Å². The van der Waals surface area contributed by atoms with Crippen molar-refractivity contribution in [2.75, 3.05) is 12.3 Å². The molecule has 0 spiro atoms. The highest BCUT2D eigenvalue weighted by Crippen LogP contribution is 2.38. The molecule has 62 valence electrons. The van der Waals surface area contributed by atoms with E-state index in [0.29, 0.717) is 13.0 Å². The molecule has 2 aliphatic heterocycles. The second kappa shape index (κ2) is 1.83. The quantitative estimate of drug-likeness (QED) is 0.533. The summed E-state index contributed by atoms with van der Waals surface area (Å²) in [6, 6.07) is 0. The zero-order valence-corrected chi connectivity index (χ0v) is 7.13. The van der Waals surface area contributed by atoms with Gasteiger partial charge in [0.2, 0.25) is 0 Å². The summed E-state index contributed by atoms with van der Waals surface area (Å²) in [4.78, 5) is 0. The Labute approximate surface area is 65.6 Å². The zero-order valence-electron chi connectivity index (χ0n) is 6.32. The molecule has 2 heterocycles. The van der Waals surface area contributed by atoms with Gasteiger partial charge >= 0.3 is 0 Å². The molecule has 0 aliphatic carbocycles. The van der Waals surface area contributed by atoms with Crippen molar-refractivity contribution in [3.05, 3.63) is 0 Å². The third-order valence-corrected chi connectivity index (χ3v) is 4.86. The van der Waals surface area contributed by atoms with Crippen molar-refractivity contribution in [1.29, 1.82) is 0 Å². The molecule has 0 aromatic carbocycles. The van der Waals surface area contributed by atoms with E-state index < -0.39 is 15.4 Å². The van der Waals surface area contributed by atoms with Crippen LogP contribution < -0.4 is 0 Å². The number of hydrogen-bond donors (Lipinski definition) is 0. The van der Waals surface area contributed by atoms with Crippen LogP contribution in [0, 0.1) is 0 Å². The van der Waals surface area contributed by atoms with Crippen molar-refractivity contribution in [2.24, 2.45) is 10.2 Å². The van der Waals surface area contributed by atoms with Crippen LogP contribution in [0.15, 0.2) is 10.2 Å². The van der Waals surface area contributed by atoms with E-state index in [1.807, 2.05) is 6.92 Å². The van der Waals surface area contributed by atoms with Gasteiger partial charge in [0.25, 0.3) is 0 Å². The van der Waals surface area contributed by atoms with Crippen molar-refractivity contribution in [3.63, 3.8) is 0 Å². The second-order valence-electron chi connectivity index (χ2n) is 3.39. The molecule has 0 aromatic rings. The minimum Gasteiger partial charge on any atom is -0.228 e. The standard InChI is InChI=1S/C6H10N2O2S/c1-6-2-3-11(9,10)5(6)4-7-8-6/h5H,2-4H2,1H3. The van der Waals surface area contributed by atoms with Crippen LogP contribution in [0.3, 0.4) is 0 Å². The van der Waals surface area contributed by atoms with Crippen LogP contribution in [0.1, 0.15) is 13.3 Å². The Morgan fingerprint density at radius 3 is 2.91 bits per heavy atom. The average molecular weight is 174 g/mol. The molecule has 0 radical (unpaired) electrons. The van der Waals surface area contributed by atoms with Crippen molar-refractivity contribution in [2.45, 2.75) is 24.1 Å². The van der Waals surface area contributed by atoms with E-state index >= 15 is 0 Å². The van der Waals surface area contributed by atoms with E-state index in [4.69, 9.17) is 0 Å². The lowest BCUT2D eigenvalue weighted by atomic mass is 9.97. The molecule has 0 N–H and O–H groups in total. The van der Waals surface area contributed by atoms with E-state index in [-0.39, 0.29) is 11.0 Å². The molecule has 5 heteroatoms. The summed E-state index contributed by atoms with van der Waals surface area (Å²) in [6.07, 6.45) is 0.642. The van der Waals surface area contributed by atoms with Crippen molar-refractivity contribution < 1.29 is 8.42 Å². The molecule has 11 heavy (non-hydrogen) atoms. The monoisotopic (exact) mass is 174 g/mol. The topological polar surface area (TPSA) is 58.9 Å². The lowest BCUT2D eigenvalue weighted by Crippen LogP contribution is -2.33. The van der Waals surface area contributed by atoms with Gasteiger partial charge in [0.15, 0.2) is 9.84 Å². The molecule has 0 saturated carbocycles. The Kier molecular flexibility index (Phi) is 1.20. The molecule has 0 aromatic heterocycles. The molecule has 2 aliphatic rings. The molecule has 2 rings (SSSR count). The number of nitrogens with zero attached hydrogens (tertiary/aromatic N) is 2. The minimum atomic E-state index is -2.87. The van der Waals surface area contributed by atoms with E-state index in [9.17, 15) is 8.42 Å². The van der Waals surface area contributed by atoms with Gasteiger partial charge in [-0.15, -0.1) is 0 Å². The summed E-state index contributed by atoms with van der Waals surface area (Å²) < 4.78 is 22.7. The van der Waals surface area contributed by atoms with Crippen molar-refractivity contribution in [1.82, 2.24) is 0 Å². The number of fused-ring (bicyclic) bond motifs is 1. The Morgan fingerprint density at radius 1 is 1.55 bits per heavy atom. The number of sulfone groups is 1. The van der Waals surface area contributed by atoms with E-state index in [2.05, 4.69) is 10.2 Å². The SMILES string of the molecule is CC12CCS(=O)(=O)C1CN=N2. The molecule has 4 nitrogen and oxygen atoms in total. The Balaban J connectivity index is 2.47. The highest BCUT2D eigenvalue weighted by atomic mass is 32.2. The van der Waals surface area contributed by atoms with Gasteiger partial charge in [-0.2, -0.15) is 10.2 Å². The number of azo groups is 1. The van der Waals surface area contributed by atoms with Crippen LogP contribution >= 0.6 is 0 Å². The predicted octanol–water partition coefficient (Wildman–Crippen LogP) is 0.398. The fourth-order valence-electron chi connectivity index (χ4n) is 1.74. The van der Waals surface area contributed by atoms with Crippen molar-refractivity contribution in [3.8, 4) is 0 Å². The Bertz CT molecular complexity index is 309. The fraction of sp³-hybridized carbons (Fsp3) is 1.00. The summed E-state index contributed by atoms with van der Waals surface area (Å²) in [6.45, 7) is 2.25. The van der Waals surface area contributed by atoms with E-state index in [0.717, 1.165) is 0 Å². The highest BCUT2D eigenvalue weighted by molar-refractivity contribution is 7.92. The van der Waals surface area contributed by atoms with Crippen molar-refractivity contribution >= 4 is 9.84 Å². The van der Waals surface area contributed by atoms with Crippen LogP contribution in [0.25, 0.3) is 0 Å². The Morgan fingerprint density at radius 2 is 2.27 bits per heavy atom. The predicted molar refractivity (Wildman–Crippen MR) is 40.3 cm³/mol. The summed E-state index contributed by atoms with van der Waals surface area (Å²) in [5.41, 5.74) is -0.390. The maximum absolute atomic E-state index is 11.3. The zero-order chi connectivity index (χ0) is 8.11. The maximum atomic E-state index is 11.3. The third kappa shape index (κ3) is 0.834. The number of hydrogen-bond acceptors (Lipinski definition) is 4. The van der Waals surface area contributed by atoms with E-state index in [1.165, 1.54) is 0 Å². The number of rotatable bonds is 0. The summed E-state index contributed by atoms with van der Waals surface area (Å²) >= 11 is 0. The normalized spacial score (nSPS) is 46.1. The largest absolute Gasteiger partial charge is 0.228 e. The maximum Gasteiger partial charge on any atom is 0.157 e. The molecule has 0 amide bonds. The minimum absolute atomic E-state index is 0.285. The second-order valence-corrected chi connectivity index (χ2v) is 5.69. The summed E-state index contributed by atoms with van der Waals surface area (Å²) in [7, 11) is -2.87. The van der Waals surface area contributed by atoms with Crippen LogP contribution in [0.5, 0.6) is 0 Å². The first-order valence-corrected chi connectivity index (χ1v) is 5.36. The molecule has 1 saturated heterocycles.